The number of carbonyl (C=O) groups is 4. The molecule has 7 nitrogen and oxygen atoms in total. The third kappa shape index (κ3) is 4.55. The molecule has 1 fully saturated rings. The van der Waals surface area contributed by atoms with E-state index in [1.165, 1.54) is 20.2 Å². The molecule has 0 atom stereocenters. The standard InChI is InChI=1S/C24H24N2O5/c1-24(2,3)17-10-8-16(9-11-17)22(29)31-18-12-6-15(7-13-18)14-19-20(27)25(4)23(30)26(5)21(19)28/h6-14H,1-5H3. The van der Waals surface area contributed by atoms with Gasteiger partial charge in [-0.15, -0.1) is 0 Å². The van der Waals surface area contributed by atoms with Crippen molar-refractivity contribution in [1.82, 2.24) is 9.80 Å². The summed E-state index contributed by atoms with van der Waals surface area (Å²) in [7, 11) is 2.63. The van der Waals surface area contributed by atoms with Crippen molar-refractivity contribution in [2.24, 2.45) is 0 Å². The van der Waals surface area contributed by atoms with Gasteiger partial charge in [-0.3, -0.25) is 19.4 Å². The largest absolute Gasteiger partial charge is 0.423 e. The number of esters is 1. The number of likely N-dealkylation sites (N-methyl/N-ethyl adjacent to an activating group) is 2. The fraction of sp³-hybridized carbons (Fsp3) is 0.250. The van der Waals surface area contributed by atoms with Crippen LogP contribution in [0.3, 0.4) is 0 Å². The molecule has 2 aromatic rings. The molecule has 4 amide bonds. The van der Waals surface area contributed by atoms with E-state index in [1.54, 1.807) is 36.4 Å². The maximum absolute atomic E-state index is 12.4. The summed E-state index contributed by atoms with van der Waals surface area (Å²) in [6.07, 6.45) is 1.40. The Hall–Kier alpha value is -3.74. The fourth-order valence-electron chi connectivity index (χ4n) is 3.05. The van der Waals surface area contributed by atoms with Crippen LogP contribution in [0.1, 0.15) is 42.3 Å². The second kappa shape index (κ2) is 8.18. The number of urea groups is 1. The first-order chi connectivity index (χ1) is 14.5. The molecule has 1 aliphatic rings. The Balaban J connectivity index is 1.74. The molecule has 0 N–H and O–H groups in total. The molecule has 0 saturated carbocycles. The van der Waals surface area contributed by atoms with E-state index in [1.807, 2.05) is 12.1 Å². The van der Waals surface area contributed by atoms with Crippen LogP contribution in [0.5, 0.6) is 5.75 Å². The van der Waals surface area contributed by atoms with E-state index < -0.39 is 23.8 Å². The van der Waals surface area contributed by atoms with Crippen molar-refractivity contribution in [1.29, 1.82) is 0 Å². The molecular weight excluding hydrogens is 396 g/mol. The van der Waals surface area contributed by atoms with Crippen LogP contribution in [-0.2, 0) is 15.0 Å². The van der Waals surface area contributed by atoms with Crippen LogP contribution >= 0.6 is 0 Å². The van der Waals surface area contributed by atoms with Crippen molar-refractivity contribution in [2.75, 3.05) is 14.1 Å². The Morgan fingerprint density at radius 2 is 1.35 bits per heavy atom. The highest BCUT2D eigenvalue weighted by atomic mass is 16.5. The molecule has 1 heterocycles. The molecular formula is C24H24N2O5. The molecule has 0 spiro atoms. The molecule has 0 radical (unpaired) electrons. The summed E-state index contributed by atoms with van der Waals surface area (Å²) in [6.45, 7) is 6.29. The first-order valence-electron chi connectivity index (χ1n) is 9.73. The van der Waals surface area contributed by atoms with Crippen LogP contribution < -0.4 is 4.74 Å². The predicted octanol–water partition coefficient (Wildman–Crippen LogP) is 3.64. The summed E-state index contributed by atoms with van der Waals surface area (Å²) in [4.78, 5) is 50.5. The summed E-state index contributed by atoms with van der Waals surface area (Å²) in [5, 5.41) is 0. The number of imide groups is 2. The van der Waals surface area contributed by atoms with E-state index in [4.69, 9.17) is 4.74 Å². The van der Waals surface area contributed by atoms with Gasteiger partial charge in [0.25, 0.3) is 11.8 Å². The lowest BCUT2D eigenvalue weighted by atomic mass is 9.87. The fourth-order valence-corrected chi connectivity index (χ4v) is 3.05. The quantitative estimate of drug-likeness (QED) is 0.328. The molecule has 0 bridgehead atoms. The molecule has 0 aliphatic carbocycles. The smallest absolute Gasteiger partial charge is 0.343 e. The van der Waals surface area contributed by atoms with Gasteiger partial charge in [0, 0.05) is 14.1 Å². The number of nitrogens with zero attached hydrogens (tertiary/aromatic N) is 2. The summed E-state index contributed by atoms with van der Waals surface area (Å²) < 4.78 is 5.41. The zero-order valence-corrected chi connectivity index (χ0v) is 18.1. The highest BCUT2D eigenvalue weighted by molar-refractivity contribution is 6.30. The van der Waals surface area contributed by atoms with E-state index >= 15 is 0 Å². The lowest BCUT2D eigenvalue weighted by Crippen LogP contribution is -2.52. The lowest BCUT2D eigenvalue weighted by Gasteiger charge is -2.28. The van der Waals surface area contributed by atoms with E-state index in [9.17, 15) is 19.2 Å². The van der Waals surface area contributed by atoms with Crippen molar-refractivity contribution >= 4 is 29.9 Å². The minimum Gasteiger partial charge on any atom is -0.423 e. The number of rotatable bonds is 3. The van der Waals surface area contributed by atoms with Crippen LogP contribution in [0.15, 0.2) is 54.1 Å². The van der Waals surface area contributed by atoms with E-state index in [2.05, 4.69) is 20.8 Å². The van der Waals surface area contributed by atoms with Crippen LogP contribution in [0.25, 0.3) is 6.08 Å². The van der Waals surface area contributed by atoms with Crippen LogP contribution in [0.2, 0.25) is 0 Å². The molecule has 0 aromatic heterocycles. The Morgan fingerprint density at radius 1 is 0.839 bits per heavy atom. The van der Waals surface area contributed by atoms with Gasteiger partial charge in [-0.2, -0.15) is 0 Å². The van der Waals surface area contributed by atoms with Crippen LogP contribution in [0, 0.1) is 0 Å². The number of carbonyl (C=O) groups excluding carboxylic acids is 4. The molecule has 1 saturated heterocycles. The van der Waals surface area contributed by atoms with Gasteiger partial charge in [0.2, 0.25) is 0 Å². The van der Waals surface area contributed by atoms with Crippen molar-refractivity contribution in [3.63, 3.8) is 0 Å². The molecule has 7 heteroatoms. The Morgan fingerprint density at radius 3 is 1.84 bits per heavy atom. The predicted molar refractivity (Wildman–Crippen MR) is 115 cm³/mol. The maximum atomic E-state index is 12.4. The van der Waals surface area contributed by atoms with E-state index in [-0.39, 0.29) is 11.0 Å². The van der Waals surface area contributed by atoms with Gasteiger partial charge >= 0.3 is 12.0 Å². The van der Waals surface area contributed by atoms with Gasteiger partial charge < -0.3 is 4.74 Å². The molecule has 3 rings (SSSR count). The Bertz CT molecular complexity index is 1050. The van der Waals surface area contributed by atoms with Gasteiger partial charge in [-0.25, -0.2) is 9.59 Å². The zero-order chi connectivity index (χ0) is 22.9. The van der Waals surface area contributed by atoms with Gasteiger partial charge in [-0.05, 0) is 46.9 Å². The van der Waals surface area contributed by atoms with Crippen LogP contribution in [-0.4, -0.2) is 47.7 Å². The van der Waals surface area contributed by atoms with E-state index in [0.29, 0.717) is 16.9 Å². The molecule has 0 unspecified atom stereocenters. The molecule has 1 aliphatic heterocycles. The van der Waals surface area contributed by atoms with E-state index in [0.717, 1.165) is 15.4 Å². The van der Waals surface area contributed by atoms with Crippen molar-refractivity contribution < 1.29 is 23.9 Å². The number of amides is 4. The van der Waals surface area contributed by atoms with Gasteiger partial charge in [-0.1, -0.05) is 45.0 Å². The SMILES string of the molecule is CN1C(=O)C(=Cc2ccc(OC(=O)c3ccc(C(C)(C)C)cc3)cc2)C(=O)N(C)C1=O. The number of benzene rings is 2. The van der Waals surface area contributed by atoms with Gasteiger partial charge in [0.05, 0.1) is 5.56 Å². The van der Waals surface area contributed by atoms with Gasteiger partial charge in [0.15, 0.2) is 0 Å². The van der Waals surface area contributed by atoms with Crippen molar-refractivity contribution in [3.8, 4) is 5.75 Å². The van der Waals surface area contributed by atoms with Crippen molar-refractivity contribution in [2.45, 2.75) is 26.2 Å². The number of ether oxygens (including phenoxy) is 1. The molecule has 31 heavy (non-hydrogen) atoms. The summed E-state index contributed by atoms with van der Waals surface area (Å²) >= 11 is 0. The van der Waals surface area contributed by atoms with Crippen molar-refractivity contribution in [3.05, 3.63) is 70.8 Å². The highest BCUT2D eigenvalue weighted by Crippen LogP contribution is 2.23. The third-order valence-electron chi connectivity index (χ3n) is 5.03. The Labute approximate surface area is 180 Å². The normalized spacial score (nSPS) is 14.7. The number of barbiturate groups is 1. The first kappa shape index (κ1) is 22.0. The first-order valence-corrected chi connectivity index (χ1v) is 9.73. The summed E-state index contributed by atoms with van der Waals surface area (Å²) in [6, 6.07) is 13.0. The maximum Gasteiger partial charge on any atom is 0.343 e. The summed E-state index contributed by atoms with van der Waals surface area (Å²) in [5.41, 5.74) is 1.99. The lowest BCUT2D eigenvalue weighted by molar-refractivity contribution is -0.134. The average molecular weight is 420 g/mol. The minimum absolute atomic E-state index is 0.00915. The minimum atomic E-state index is -0.676. The zero-order valence-electron chi connectivity index (χ0n) is 18.1. The number of hydrogen-bond donors (Lipinski definition) is 0. The highest BCUT2D eigenvalue weighted by Gasteiger charge is 2.37. The molecule has 160 valence electrons. The second-order valence-corrected chi connectivity index (χ2v) is 8.35. The Kier molecular flexibility index (Phi) is 5.79. The summed E-state index contributed by atoms with van der Waals surface area (Å²) in [5.74, 6) is -1.48. The number of hydrogen-bond acceptors (Lipinski definition) is 5. The topological polar surface area (TPSA) is 84.0 Å². The van der Waals surface area contributed by atoms with Crippen LogP contribution in [0.4, 0.5) is 4.79 Å². The third-order valence-corrected chi connectivity index (χ3v) is 5.03. The molecule has 2 aromatic carbocycles. The average Bonchev–Trinajstić information content (AvgIpc) is 2.74. The second-order valence-electron chi connectivity index (χ2n) is 8.35. The monoisotopic (exact) mass is 420 g/mol. The van der Waals surface area contributed by atoms with Gasteiger partial charge in [0.1, 0.15) is 11.3 Å².